The van der Waals surface area contributed by atoms with Crippen molar-refractivity contribution < 1.29 is 0 Å². The normalized spacial score (nSPS) is 12.6. The Bertz CT molecular complexity index is 2930. The minimum atomic E-state index is 0.686. The van der Waals surface area contributed by atoms with Gasteiger partial charge in [-0.15, -0.1) is 22.7 Å². The van der Waals surface area contributed by atoms with Gasteiger partial charge in [0, 0.05) is 52.2 Å². The number of aromatic nitrogens is 2. The summed E-state index contributed by atoms with van der Waals surface area (Å²) in [5, 5.41) is 8.53. The smallest absolute Gasteiger partial charge is 0.235 e. The van der Waals surface area contributed by atoms with Crippen LogP contribution in [0.4, 0.5) is 17.3 Å². The lowest BCUT2D eigenvalue weighted by Crippen LogP contribution is -2.18. The fraction of sp³-hybridized carbons (Fsp3) is 0. The van der Waals surface area contributed by atoms with Crippen molar-refractivity contribution in [2.75, 3.05) is 4.90 Å². The Morgan fingerprint density at radius 1 is 0.489 bits per heavy atom. The predicted octanol–water partition coefficient (Wildman–Crippen LogP) is 12.6. The van der Waals surface area contributed by atoms with E-state index in [-0.39, 0.29) is 0 Å². The van der Waals surface area contributed by atoms with Gasteiger partial charge >= 0.3 is 0 Å². The summed E-state index contributed by atoms with van der Waals surface area (Å²) in [4.78, 5) is 13.3. The summed E-state index contributed by atoms with van der Waals surface area (Å²) < 4.78 is 4.92. The molecule has 4 heterocycles. The standard InChI is InChI=1S/C42H23N3S2/c1-2-12-27-24(9-1)19-21-30-29-15-7-10-25-11-8-16-33(37(25)29)45(40(27)30)42-43-38(41-39(44-42)31-14-4-6-18-35(31)47-41)26-20-22-36-32(23-26)28-13-3-5-17-34(28)46-36/h1-23H. The zero-order valence-corrected chi connectivity index (χ0v) is 26.6. The van der Waals surface area contributed by atoms with Crippen molar-refractivity contribution in [1.82, 2.24) is 9.97 Å². The van der Waals surface area contributed by atoms with E-state index in [9.17, 15) is 0 Å². The Labute approximate surface area is 277 Å². The largest absolute Gasteiger partial charge is 0.277 e. The fourth-order valence-electron chi connectivity index (χ4n) is 7.52. The lowest BCUT2D eigenvalue weighted by molar-refractivity contribution is 1.12. The van der Waals surface area contributed by atoms with Crippen LogP contribution in [0, 0.1) is 0 Å². The number of rotatable bonds is 2. The molecule has 1 aliphatic heterocycles. The molecular formula is C42H23N3S2. The van der Waals surface area contributed by atoms with Crippen LogP contribution in [0.25, 0.3) is 84.4 Å². The number of benzene rings is 7. The number of nitrogens with zero attached hydrogens (tertiary/aromatic N) is 3. The highest BCUT2D eigenvalue weighted by atomic mass is 32.1. The fourth-order valence-corrected chi connectivity index (χ4v) is 9.76. The van der Waals surface area contributed by atoms with Crippen molar-refractivity contribution in [1.29, 1.82) is 0 Å². The van der Waals surface area contributed by atoms with Crippen molar-refractivity contribution in [3.8, 4) is 22.4 Å². The van der Waals surface area contributed by atoms with Crippen LogP contribution < -0.4 is 4.90 Å². The van der Waals surface area contributed by atoms with Crippen molar-refractivity contribution >= 4 is 102 Å². The molecule has 0 amide bonds. The van der Waals surface area contributed by atoms with E-state index in [0.717, 1.165) is 38.2 Å². The van der Waals surface area contributed by atoms with Gasteiger partial charge in [-0.05, 0) is 46.7 Å². The summed E-state index contributed by atoms with van der Waals surface area (Å²) in [6.45, 7) is 0. The van der Waals surface area contributed by atoms with E-state index >= 15 is 0 Å². The van der Waals surface area contributed by atoms with Crippen LogP contribution in [0.15, 0.2) is 140 Å². The van der Waals surface area contributed by atoms with Crippen molar-refractivity contribution in [2.45, 2.75) is 0 Å². The molecule has 0 spiro atoms. The van der Waals surface area contributed by atoms with Crippen LogP contribution >= 0.6 is 22.7 Å². The van der Waals surface area contributed by atoms with Crippen LogP contribution in [0.5, 0.6) is 0 Å². The van der Waals surface area contributed by atoms with Gasteiger partial charge in [-0.1, -0.05) is 109 Å². The molecule has 1 aliphatic rings. The van der Waals surface area contributed by atoms with Gasteiger partial charge in [0.2, 0.25) is 5.95 Å². The quantitative estimate of drug-likeness (QED) is 0.190. The van der Waals surface area contributed by atoms with Crippen LogP contribution in [-0.2, 0) is 0 Å². The molecule has 0 fully saturated rings. The van der Waals surface area contributed by atoms with Gasteiger partial charge in [-0.2, -0.15) is 0 Å². The summed E-state index contributed by atoms with van der Waals surface area (Å²) in [5.41, 5.74) is 7.73. The summed E-state index contributed by atoms with van der Waals surface area (Å²) >= 11 is 3.62. The van der Waals surface area contributed by atoms with E-state index in [2.05, 4.69) is 144 Å². The molecular weight excluding hydrogens is 611 g/mol. The molecule has 3 aromatic heterocycles. The van der Waals surface area contributed by atoms with E-state index < -0.39 is 0 Å². The SMILES string of the molecule is c1ccc2c3c(ccc2c1)-c1cccc2cccc(c12)N3c1nc(-c2ccc3sc4ccccc4c3c2)c2sc3ccccc3c2n1. The van der Waals surface area contributed by atoms with Crippen LogP contribution in [0.2, 0.25) is 0 Å². The number of anilines is 3. The molecule has 7 aromatic carbocycles. The van der Waals surface area contributed by atoms with Crippen molar-refractivity contribution in [3.63, 3.8) is 0 Å². The first-order valence-corrected chi connectivity index (χ1v) is 17.4. The minimum absolute atomic E-state index is 0.686. The lowest BCUT2D eigenvalue weighted by Gasteiger charge is -2.33. The predicted molar refractivity (Wildman–Crippen MR) is 202 cm³/mol. The molecule has 218 valence electrons. The van der Waals surface area contributed by atoms with Gasteiger partial charge in [0.1, 0.15) is 0 Å². The average Bonchev–Trinajstić information content (AvgIpc) is 3.69. The minimum Gasteiger partial charge on any atom is -0.277 e. The molecule has 0 atom stereocenters. The molecule has 0 bridgehead atoms. The maximum atomic E-state index is 5.56. The van der Waals surface area contributed by atoms with Gasteiger partial charge in [-0.3, -0.25) is 4.90 Å². The first-order chi connectivity index (χ1) is 23.3. The third-order valence-electron chi connectivity index (χ3n) is 9.60. The third-order valence-corrected chi connectivity index (χ3v) is 11.9. The molecule has 0 saturated carbocycles. The van der Waals surface area contributed by atoms with Crippen molar-refractivity contribution in [3.05, 3.63) is 140 Å². The monoisotopic (exact) mass is 633 g/mol. The molecule has 0 saturated heterocycles. The van der Waals surface area contributed by atoms with E-state index in [0.29, 0.717) is 5.95 Å². The van der Waals surface area contributed by atoms with E-state index in [4.69, 9.17) is 9.97 Å². The van der Waals surface area contributed by atoms with E-state index in [1.54, 1.807) is 11.3 Å². The molecule has 47 heavy (non-hydrogen) atoms. The molecule has 5 heteroatoms. The Morgan fingerprint density at radius 3 is 2.11 bits per heavy atom. The Balaban J connectivity index is 1.27. The highest BCUT2D eigenvalue weighted by molar-refractivity contribution is 7.26. The molecule has 0 aliphatic carbocycles. The highest BCUT2D eigenvalue weighted by Gasteiger charge is 2.30. The zero-order chi connectivity index (χ0) is 30.6. The second-order valence-electron chi connectivity index (χ2n) is 12.2. The third kappa shape index (κ3) is 3.55. The van der Waals surface area contributed by atoms with Gasteiger partial charge < -0.3 is 0 Å². The molecule has 0 unspecified atom stereocenters. The van der Waals surface area contributed by atoms with E-state index in [1.165, 1.54) is 57.5 Å². The number of fused-ring (bicyclic) bond motifs is 10. The molecule has 0 N–H and O–H groups in total. The van der Waals surface area contributed by atoms with Crippen LogP contribution in [0.3, 0.4) is 0 Å². The van der Waals surface area contributed by atoms with Gasteiger partial charge in [0.05, 0.1) is 27.3 Å². The van der Waals surface area contributed by atoms with Crippen LogP contribution in [-0.4, -0.2) is 9.97 Å². The number of hydrogen-bond acceptors (Lipinski definition) is 5. The first-order valence-electron chi connectivity index (χ1n) is 15.8. The first kappa shape index (κ1) is 25.6. The second-order valence-corrected chi connectivity index (χ2v) is 14.3. The van der Waals surface area contributed by atoms with Crippen LogP contribution in [0.1, 0.15) is 0 Å². The summed E-state index contributed by atoms with van der Waals surface area (Å²) in [6.07, 6.45) is 0. The number of thiophene rings is 2. The summed E-state index contributed by atoms with van der Waals surface area (Å²) in [6, 6.07) is 50.5. The summed E-state index contributed by atoms with van der Waals surface area (Å²) in [7, 11) is 0. The zero-order valence-electron chi connectivity index (χ0n) is 24.9. The van der Waals surface area contributed by atoms with Crippen molar-refractivity contribution in [2.24, 2.45) is 0 Å². The molecule has 10 aromatic rings. The molecule has 11 rings (SSSR count). The maximum absolute atomic E-state index is 5.56. The summed E-state index contributed by atoms with van der Waals surface area (Å²) in [5.74, 6) is 0.686. The number of hydrogen-bond donors (Lipinski definition) is 0. The molecule has 3 nitrogen and oxygen atoms in total. The van der Waals surface area contributed by atoms with Gasteiger partial charge in [0.15, 0.2) is 0 Å². The van der Waals surface area contributed by atoms with E-state index in [1.807, 2.05) is 11.3 Å². The topological polar surface area (TPSA) is 29.0 Å². The van der Waals surface area contributed by atoms with Gasteiger partial charge in [-0.25, -0.2) is 9.97 Å². The Hall–Kier alpha value is -5.62. The lowest BCUT2D eigenvalue weighted by atomic mass is 9.89. The molecule has 0 radical (unpaired) electrons. The second kappa shape index (κ2) is 9.46. The maximum Gasteiger partial charge on any atom is 0.235 e. The average molecular weight is 634 g/mol. The Morgan fingerprint density at radius 2 is 1.21 bits per heavy atom. The Kier molecular flexibility index (Phi) is 5.14. The highest BCUT2D eigenvalue weighted by Crippen LogP contribution is 2.53. The van der Waals surface area contributed by atoms with Gasteiger partial charge in [0.25, 0.3) is 0 Å².